The minimum atomic E-state index is -3.44. The molecule has 4 rings (SSSR count). The number of ether oxygens (including phenoxy) is 1. The molecule has 2 aliphatic heterocycles. The minimum absolute atomic E-state index is 0.389. The Bertz CT molecular complexity index is 997. The van der Waals surface area contributed by atoms with Gasteiger partial charge in [-0.05, 0) is 93.7 Å². The van der Waals surface area contributed by atoms with Gasteiger partial charge in [-0.15, -0.1) is 0 Å². The summed E-state index contributed by atoms with van der Waals surface area (Å²) in [7, 11) is -3.44. The Balaban J connectivity index is 1.32. The van der Waals surface area contributed by atoms with Crippen molar-refractivity contribution < 1.29 is 13.2 Å². The van der Waals surface area contributed by atoms with Gasteiger partial charge in [0.1, 0.15) is 0 Å². The van der Waals surface area contributed by atoms with Gasteiger partial charge in [-0.3, -0.25) is 0 Å². The van der Waals surface area contributed by atoms with E-state index in [9.17, 15) is 8.42 Å². The van der Waals surface area contributed by atoms with Crippen LogP contribution in [0.25, 0.3) is 11.1 Å². The first-order valence-corrected chi connectivity index (χ1v) is 14.4. The first-order chi connectivity index (χ1) is 16.5. The predicted molar refractivity (Wildman–Crippen MR) is 138 cm³/mol. The van der Waals surface area contributed by atoms with Crippen molar-refractivity contribution in [3.05, 3.63) is 54.1 Å². The van der Waals surface area contributed by atoms with Gasteiger partial charge in [-0.2, -0.15) is 4.31 Å². The van der Waals surface area contributed by atoms with Gasteiger partial charge in [0, 0.05) is 38.9 Å². The highest BCUT2D eigenvalue weighted by molar-refractivity contribution is 7.89. The van der Waals surface area contributed by atoms with Gasteiger partial charge in [0.05, 0.1) is 4.90 Å². The van der Waals surface area contributed by atoms with E-state index in [1.165, 1.54) is 24.9 Å². The topological polar surface area (TPSA) is 49.9 Å². The first kappa shape index (κ1) is 25.4. The van der Waals surface area contributed by atoms with Crippen LogP contribution in [0.15, 0.2) is 53.4 Å². The molecule has 2 aliphatic rings. The second-order valence-corrected chi connectivity index (χ2v) is 11.8. The molecule has 6 heteroatoms. The third kappa shape index (κ3) is 6.28. The van der Waals surface area contributed by atoms with Crippen molar-refractivity contribution in [3.63, 3.8) is 0 Å². The van der Waals surface area contributed by atoms with Gasteiger partial charge < -0.3 is 9.64 Å². The molecular weight excluding hydrogens is 444 g/mol. The SMILES string of the molecule is CCOCCC1CCN(S(=O)(=O)c2ccc(-c3ccc(CCN4CCCC4C)cc3)cc2)CC1. The standard InChI is InChI=1S/C28H40N2O3S/c1-3-33-22-17-25-15-20-30(21-16-25)34(31,32)28-12-10-27(11-13-28)26-8-6-24(7-9-26)14-19-29-18-4-5-23(29)2/h6-13,23,25H,3-5,14-22H2,1-2H3. The van der Waals surface area contributed by atoms with Crippen molar-refractivity contribution in [1.82, 2.24) is 9.21 Å². The molecule has 0 spiro atoms. The fourth-order valence-corrected chi connectivity index (χ4v) is 6.73. The summed E-state index contributed by atoms with van der Waals surface area (Å²) in [6.07, 6.45) is 6.55. The van der Waals surface area contributed by atoms with Crippen LogP contribution in [0.4, 0.5) is 0 Å². The Morgan fingerprint density at radius 3 is 2.15 bits per heavy atom. The van der Waals surface area contributed by atoms with Gasteiger partial charge in [-0.25, -0.2) is 8.42 Å². The molecule has 2 heterocycles. The molecule has 2 aromatic carbocycles. The largest absolute Gasteiger partial charge is 0.382 e. The Morgan fingerprint density at radius 2 is 1.56 bits per heavy atom. The molecule has 0 N–H and O–H groups in total. The lowest BCUT2D eigenvalue weighted by Crippen LogP contribution is -2.38. The number of piperidine rings is 1. The summed E-state index contributed by atoms with van der Waals surface area (Å²) in [5.41, 5.74) is 3.53. The fraction of sp³-hybridized carbons (Fsp3) is 0.571. The number of hydrogen-bond donors (Lipinski definition) is 0. The molecule has 2 fully saturated rings. The molecule has 0 radical (unpaired) electrons. The number of likely N-dealkylation sites (tertiary alicyclic amines) is 1. The number of hydrogen-bond acceptors (Lipinski definition) is 4. The zero-order chi connectivity index (χ0) is 24.0. The highest BCUT2D eigenvalue weighted by Gasteiger charge is 2.29. The van der Waals surface area contributed by atoms with Gasteiger partial charge >= 0.3 is 0 Å². The monoisotopic (exact) mass is 484 g/mol. The summed E-state index contributed by atoms with van der Waals surface area (Å²) in [5.74, 6) is 0.557. The van der Waals surface area contributed by atoms with Crippen molar-refractivity contribution >= 4 is 10.0 Å². The summed E-state index contributed by atoms with van der Waals surface area (Å²) < 4.78 is 33.4. The number of rotatable bonds is 10. The van der Waals surface area contributed by atoms with Crippen LogP contribution in [0.1, 0.15) is 51.5 Å². The summed E-state index contributed by atoms with van der Waals surface area (Å²) in [5, 5.41) is 0. The average molecular weight is 485 g/mol. The van der Waals surface area contributed by atoms with Crippen LogP contribution in [0, 0.1) is 5.92 Å². The molecular formula is C28H40N2O3S. The summed E-state index contributed by atoms with van der Waals surface area (Å²) in [6, 6.07) is 16.8. The smallest absolute Gasteiger partial charge is 0.243 e. The fourth-order valence-electron chi connectivity index (χ4n) is 5.26. The summed E-state index contributed by atoms with van der Waals surface area (Å²) in [4.78, 5) is 2.97. The maximum absolute atomic E-state index is 13.1. The van der Waals surface area contributed by atoms with Gasteiger partial charge in [0.25, 0.3) is 0 Å². The van der Waals surface area contributed by atoms with E-state index in [1.54, 1.807) is 16.4 Å². The minimum Gasteiger partial charge on any atom is -0.382 e. The van der Waals surface area contributed by atoms with Crippen molar-refractivity contribution in [3.8, 4) is 11.1 Å². The van der Waals surface area contributed by atoms with Crippen LogP contribution in [0.3, 0.4) is 0 Å². The maximum atomic E-state index is 13.1. The van der Waals surface area contributed by atoms with Crippen molar-refractivity contribution in [1.29, 1.82) is 0 Å². The molecule has 1 unspecified atom stereocenters. The second-order valence-electron chi connectivity index (χ2n) is 9.83. The highest BCUT2D eigenvalue weighted by atomic mass is 32.2. The molecule has 1 atom stereocenters. The molecule has 0 amide bonds. The third-order valence-electron chi connectivity index (χ3n) is 7.61. The van der Waals surface area contributed by atoms with E-state index in [0.29, 0.717) is 29.9 Å². The van der Waals surface area contributed by atoms with Crippen LogP contribution >= 0.6 is 0 Å². The maximum Gasteiger partial charge on any atom is 0.243 e. The zero-order valence-electron chi connectivity index (χ0n) is 20.8. The Morgan fingerprint density at radius 1 is 0.912 bits per heavy atom. The molecule has 2 saturated heterocycles. The number of nitrogens with zero attached hydrogens (tertiary/aromatic N) is 2. The second kappa shape index (κ2) is 11.8. The number of sulfonamides is 1. The Hall–Kier alpha value is -1.73. The van der Waals surface area contributed by atoms with E-state index in [-0.39, 0.29) is 0 Å². The quantitative estimate of drug-likeness (QED) is 0.435. The van der Waals surface area contributed by atoms with Crippen molar-refractivity contribution in [2.75, 3.05) is 39.4 Å². The van der Waals surface area contributed by atoms with Gasteiger partial charge in [0.2, 0.25) is 10.0 Å². The molecule has 0 bridgehead atoms. The van der Waals surface area contributed by atoms with E-state index >= 15 is 0 Å². The predicted octanol–water partition coefficient (Wildman–Crippen LogP) is 5.21. The van der Waals surface area contributed by atoms with Crippen LogP contribution in [-0.4, -0.2) is 63.1 Å². The summed E-state index contributed by atoms with van der Waals surface area (Å²) in [6.45, 7) is 9.38. The average Bonchev–Trinajstić information content (AvgIpc) is 3.28. The number of benzene rings is 2. The van der Waals surface area contributed by atoms with Gasteiger partial charge in [-0.1, -0.05) is 36.4 Å². The van der Waals surface area contributed by atoms with E-state index in [0.717, 1.165) is 56.6 Å². The van der Waals surface area contributed by atoms with Crippen LogP contribution in [-0.2, 0) is 21.2 Å². The van der Waals surface area contributed by atoms with Crippen molar-refractivity contribution in [2.45, 2.75) is 63.3 Å². The lowest BCUT2D eigenvalue weighted by molar-refractivity contribution is 0.121. The zero-order valence-corrected chi connectivity index (χ0v) is 21.6. The highest BCUT2D eigenvalue weighted by Crippen LogP contribution is 2.28. The normalized spacial score (nSPS) is 20.7. The van der Waals surface area contributed by atoms with Crippen molar-refractivity contribution in [2.24, 2.45) is 5.92 Å². The van der Waals surface area contributed by atoms with Gasteiger partial charge in [0.15, 0.2) is 0 Å². The Labute approximate surface area is 206 Å². The molecule has 5 nitrogen and oxygen atoms in total. The lowest BCUT2D eigenvalue weighted by Gasteiger charge is -2.31. The molecule has 0 saturated carbocycles. The molecule has 34 heavy (non-hydrogen) atoms. The molecule has 0 aromatic heterocycles. The van der Waals surface area contributed by atoms with Crippen LogP contribution in [0.2, 0.25) is 0 Å². The van der Waals surface area contributed by atoms with E-state index in [4.69, 9.17) is 4.74 Å². The molecule has 186 valence electrons. The third-order valence-corrected chi connectivity index (χ3v) is 9.52. The van der Waals surface area contributed by atoms with E-state index in [2.05, 4.69) is 36.1 Å². The first-order valence-electron chi connectivity index (χ1n) is 13.0. The van der Waals surface area contributed by atoms with Crippen LogP contribution in [0.5, 0.6) is 0 Å². The lowest BCUT2D eigenvalue weighted by atomic mass is 9.95. The van der Waals surface area contributed by atoms with E-state index in [1.807, 2.05) is 19.1 Å². The Kier molecular flexibility index (Phi) is 8.81. The molecule has 2 aromatic rings. The van der Waals surface area contributed by atoms with E-state index < -0.39 is 10.0 Å². The summed E-state index contributed by atoms with van der Waals surface area (Å²) >= 11 is 0. The van der Waals surface area contributed by atoms with Crippen LogP contribution < -0.4 is 0 Å². The molecule has 0 aliphatic carbocycles.